The molecule has 3 rings (SSSR count). The molecule has 1 fully saturated rings. The fraction of sp³-hybridized carbons (Fsp3) is 0.471. The maximum absolute atomic E-state index is 9.41. The lowest BCUT2D eigenvalue weighted by Gasteiger charge is -2.26. The number of hydrogen-bond acceptors (Lipinski definition) is 8. The summed E-state index contributed by atoms with van der Waals surface area (Å²) in [5.74, 6) is 2.27. The van der Waals surface area contributed by atoms with Gasteiger partial charge in [0.2, 0.25) is 0 Å². The number of nitrogens with zero attached hydrogens (tertiary/aromatic N) is 6. The summed E-state index contributed by atoms with van der Waals surface area (Å²) in [5.41, 5.74) is 2.22. The second kappa shape index (κ2) is 7.30. The Morgan fingerprint density at radius 3 is 2.92 bits per heavy atom. The van der Waals surface area contributed by atoms with Gasteiger partial charge in [-0.3, -0.25) is 0 Å². The van der Waals surface area contributed by atoms with Crippen LogP contribution in [0, 0.1) is 25.2 Å². The van der Waals surface area contributed by atoms with Crippen LogP contribution in [-0.2, 0) is 0 Å². The molecule has 8 heteroatoms. The molecule has 1 atom stereocenters. The zero-order chi connectivity index (χ0) is 17.8. The van der Waals surface area contributed by atoms with Crippen LogP contribution in [0.25, 0.3) is 0 Å². The summed E-state index contributed by atoms with van der Waals surface area (Å²) in [7, 11) is 1.84. The minimum atomic E-state index is 0.287. The Morgan fingerprint density at radius 1 is 1.32 bits per heavy atom. The average molecular weight is 338 g/mol. The van der Waals surface area contributed by atoms with Crippen molar-refractivity contribution in [3.63, 3.8) is 0 Å². The van der Waals surface area contributed by atoms with Gasteiger partial charge in [0.15, 0.2) is 5.82 Å². The molecule has 2 N–H and O–H groups in total. The van der Waals surface area contributed by atoms with Crippen molar-refractivity contribution in [2.45, 2.75) is 32.7 Å². The predicted octanol–water partition coefficient (Wildman–Crippen LogP) is 1.88. The van der Waals surface area contributed by atoms with Crippen LogP contribution in [0.15, 0.2) is 12.4 Å². The van der Waals surface area contributed by atoms with Crippen LogP contribution >= 0.6 is 0 Å². The van der Waals surface area contributed by atoms with E-state index in [4.69, 9.17) is 0 Å². The van der Waals surface area contributed by atoms with Gasteiger partial charge in [-0.15, -0.1) is 5.10 Å². The molecule has 1 saturated heterocycles. The highest BCUT2D eigenvalue weighted by molar-refractivity contribution is 5.56. The van der Waals surface area contributed by atoms with E-state index in [2.05, 4.69) is 41.8 Å². The number of nitrogens with one attached hydrogen (secondary N) is 2. The van der Waals surface area contributed by atoms with Gasteiger partial charge in [0.1, 0.15) is 29.6 Å². The van der Waals surface area contributed by atoms with Crippen LogP contribution in [0.2, 0.25) is 0 Å². The first-order valence-electron chi connectivity index (χ1n) is 8.38. The van der Waals surface area contributed by atoms with Crippen LogP contribution in [0.3, 0.4) is 0 Å². The lowest BCUT2D eigenvalue weighted by molar-refractivity contribution is 0.687. The molecule has 130 valence electrons. The Bertz CT molecular complexity index is 798. The van der Waals surface area contributed by atoms with Crippen LogP contribution < -0.4 is 15.5 Å². The monoisotopic (exact) mass is 338 g/mol. The van der Waals surface area contributed by atoms with Crippen molar-refractivity contribution in [1.29, 1.82) is 5.26 Å². The van der Waals surface area contributed by atoms with Crippen LogP contribution in [0.4, 0.5) is 17.5 Å². The number of hydrogen-bond donors (Lipinski definition) is 2. The molecule has 2 aromatic heterocycles. The van der Waals surface area contributed by atoms with Crippen LogP contribution in [0.1, 0.15) is 29.7 Å². The predicted molar refractivity (Wildman–Crippen MR) is 96.7 cm³/mol. The van der Waals surface area contributed by atoms with Gasteiger partial charge in [-0.25, -0.2) is 9.97 Å². The van der Waals surface area contributed by atoms with E-state index in [1.807, 2.05) is 27.0 Å². The van der Waals surface area contributed by atoms with E-state index >= 15 is 0 Å². The number of nitriles is 1. The number of aryl methyl sites for hydroxylation is 1. The molecule has 1 aliphatic rings. The Balaban J connectivity index is 1.75. The molecule has 0 radical (unpaired) electrons. The summed E-state index contributed by atoms with van der Waals surface area (Å²) in [6.07, 6.45) is 3.74. The van der Waals surface area contributed by atoms with E-state index in [1.165, 1.54) is 0 Å². The van der Waals surface area contributed by atoms with Gasteiger partial charge in [-0.2, -0.15) is 10.4 Å². The first-order valence-corrected chi connectivity index (χ1v) is 8.38. The smallest absolute Gasteiger partial charge is 0.167 e. The van der Waals surface area contributed by atoms with E-state index in [0.29, 0.717) is 17.9 Å². The molecular weight excluding hydrogens is 316 g/mol. The minimum absolute atomic E-state index is 0.287. The molecule has 0 spiro atoms. The maximum atomic E-state index is 9.41. The zero-order valence-electron chi connectivity index (χ0n) is 14.7. The highest BCUT2D eigenvalue weighted by Gasteiger charge is 2.26. The summed E-state index contributed by atoms with van der Waals surface area (Å²) >= 11 is 0. The summed E-state index contributed by atoms with van der Waals surface area (Å²) in [6, 6.07) is 4.47. The standard InChI is InChI=1S/C17H22N8/c1-11-12(2)23-24-17(14(11)8-18)20-9-13-5-4-6-25(13)16-7-15(19-3)21-10-22-16/h7,10,13H,4-6,9H2,1-3H3,(H,20,24)(H,19,21,22). The third kappa shape index (κ3) is 3.45. The van der Waals surface area contributed by atoms with E-state index in [1.54, 1.807) is 6.33 Å². The second-order valence-corrected chi connectivity index (χ2v) is 6.13. The highest BCUT2D eigenvalue weighted by atomic mass is 15.3. The largest absolute Gasteiger partial charge is 0.373 e. The van der Waals surface area contributed by atoms with Gasteiger partial charge in [0, 0.05) is 32.2 Å². The molecule has 1 aliphatic heterocycles. The van der Waals surface area contributed by atoms with E-state index in [9.17, 15) is 5.26 Å². The van der Waals surface area contributed by atoms with Gasteiger partial charge in [0.05, 0.1) is 5.69 Å². The number of rotatable bonds is 5. The van der Waals surface area contributed by atoms with E-state index in [0.717, 1.165) is 42.3 Å². The minimum Gasteiger partial charge on any atom is -0.373 e. The SMILES string of the molecule is CNc1cc(N2CCCC2CNc2nnc(C)c(C)c2C#N)ncn1. The molecule has 3 heterocycles. The van der Waals surface area contributed by atoms with Crippen molar-refractivity contribution in [2.75, 3.05) is 35.7 Å². The van der Waals surface area contributed by atoms with Crippen molar-refractivity contribution < 1.29 is 0 Å². The molecule has 0 bridgehead atoms. The van der Waals surface area contributed by atoms with Crippen molar-refractivity contribution >= 4 is 17.5 Å². The molecule has 0 saturated carbocycles. The summed E-state index contributed by atoms with van der Waals surface area (Å²) in [4.78, 5) is 10.8. The van der Waals surface area contributed by atoms with Crippen LogP contribution in [-0.4, -0.2) is 46.3 Å². The van der Waals surface area contributed by atoms with Gasteiger partial charge in [-0.1, -0.05) is 0 Å². The van der Waals surface area contributed by atoms with Gasteiger partial charge in [0.25, 0.3) is 0 Å². The number of anilines is 3. The molecular formula is C17H22N8. The summed E-state index contributed by atoms with van der Waals surface area (Å²) < 4.78 is 0. The quantitative estimate of drug-likeness (QED) is 0.852. The highest BCUT2D eigenvalue weighted by Crippen LogP contribution is 2.25. The average Bonchev–Trinajstić information content (AvgIpc) is 3.11. The molecule has 2 aromatic rings. The first kappa shape index (κ1) is 16.9. The van der Waals surface area contributed by atoms with Crippen molar-refractivity contribution in [2.24, 2.45) is 0 Å². The zero-order valence-corrected chi connectivity index (χ0v) is 14.7. The second-order valence-electron chi connectivity index (χ2n) is 6.13. The summed E-state index contributed by atoms with van der Waals surface area (Å²) in [5, 5.41) is 24.0. The Labute approximate surface area is 147 Å². The molecule has 0 aliphatic carbocycles. The third-order valence-corrected chi connectivity index (χ3v) is 4.65. The normalized spacial score (nSPS) is 16.6. The van der Waals surface area contributed by atoms with Crippen LogP contribution in [0.5, 0.6) is 0 Å². The summed E-state index contributed by atoms with van der Waals surface area (Å²) in [6.45, 7) is 5.40. The molecule has 8 nitrogen and oxygen atoms in total. The molecule has 0 aromatic carbocycles. The van der Waals surface area contributed by atoms with Crippen molar-refractivity contribution in [3.05, 3.63) is 29.2 Å². The Hall–Kier alpha value is -2.95. The van der Waals surface area contributed by atoms with Crippen molar-refractivity contribution in [1.82, 2.24) is 20.2 Å². The maximum Gasteiger partial charge on any atom is 0.167 e. The topological polar surface area (TPSA) is 103 Å². The van der Waals surface area contributed by atoms with E-state index < -0.39 is 0 Å². The lowest BCUT2D eigenvalue weighted by Crippen LogP contribution is -2.36. The van der Waals surface area contributed by atoms with E-state index in [-0.39, 0.29) is 6.04 Å². The van der Waals surface area contributed by atoms with Gasteiger partial charge < -0.3 is 15.5 Å². The fourth-order valence-electron chi connectivity index (χ4n) is 3.07. The number of aromatic nitrogens is 4. The van der Waals surface area contributed by atoms with Gasteiger partial charge >= 0.3 is 0 Å². The molecule has 25 heavy (non-hydrogen) atoms. The van der Waals surface area contributed by atoms with Crippen molar-refractivity contribution in [3.8, 4) is 6.07 Å². The molecule has 1 unspecified atom stereocenters. The lowest BCUT2D eigenvalue weighted by atomic mass is 10.1. The fourth-order valence-corrected chi connectivity index (χ4v) is 3.07. The molecule has 0 amide bonds. The third-order valence-electron chi connectivity index (χ3n) is 4.65. The Morgan fingerprint density at radius 2 is 2.16 bits per heavy atom. The first-order chi connectivity index (χ1) is 12.1. The Kier molecular flexibility index (Phi) is 4.93. The van der Waals surface area contributed by atoms with Gasteiger partial charge in [-0.05, 0) is 32.3 Å².